The Kier molecular flexibility index (Phi) is 6.57. The third-order valence-corrected chi connectivity index (χ3v) is 5.47. The van der Waals surface area contributed by atoms with Crippen LogP contribution in [0.4, 0.5) is 0 Å². The van der Waals surface area contributed by atoms with E-state index in [-0.39, 0.29) is 35.8 Å². The number of piperidine rings is 1. The van der Waals surface area contributed by atoms with Crippen LogP contribution in [0.3, 0.4) is 0 Å². The van der Waals surface area contributed by atoms with Crippen molar-refractivity contribution in [2.45, 2.75) is 45.7 Å². The number of aryl methyl sites for hydroxylation is 1. The van der Waals surface area contributed by atoms with Gasteiger partial charge in [0.2, 0.25) is 11.8 Å². The molecule has 1 fully saturated rings. The van der Waals surface area contributed by atoms with Crippen molar-refractivity contribution in [2.75, 3.05) is 13.1 Å². The molecule has 0 saturated carbocycles. The van der Waals surface area contributed by atoms with Crippen molar-refractivity contribution in [3.05, 3.63) is 51.8 Å². The van der Waals surface area contributed by atoms with E-state index in [9.17, 15) is 14.4 Å². The third-order valence-electron chi connectivity index (χ3n) is 5.47. The molecule has 0 aromatic carbocycles. The minimum absolute atomic E-state index is 0.00674. The van der Waals surface area contributed by atoms with Crippen molar-refractivity contribution in [3.8, 4) is 0 Å². The van der Waals surface area contributed by atoms with Crippen LogP contribution in [0.1, 0.15) is 49.4 Å². The number of carboxylic acid groups (broad SMARTS) is 1. The van der Waals surface area contributed by atoms with E-state index in [0.717, 1.165) is 24.7 Å². The largest absolute Gasteiger partial charge is 0.481 e. The molecule has 0 spiro atoms. The van der Waals surface area contributed by atoms with Crippen molar-refractivity contribution in [3.63, 3.8) is 0 Å². The quantitative estimate of drug-likeness (QED) is 0.743. The molecule has 0 aliphatic carbocycles. The molecule has 166 valence electrons. The fraction of sp³-hybridized carbons (Fsp3) is 0.476. The molecular formula is C21H26N4O6. The highest BCUT2D eigenvalue weighted by Crippen LogP contribution is 2.41. The summed E-state index contributed by atoms with van der Waals surface area (Å²) in [6.07, 6.45) is 0.784. The Morgan fingerprint density at radius 1 is 1.26 bits per heavy atom. The lowest BCUT2D eigenvalue weighted by Crippen LogP contribution is -2.54. The molecule has 4 rings (SSSR count). The molecule has 2 aliphatic heterocycles. The number of amides is 2. The zero-order valence-corrected chi connectivity index (χ0v) is 17.7. The van der Waals surface area contributed by atoms with Crippen molar-refractivity contribution < 1.29 is 24.0 Å². The summed E-state index contributed by atoms with van der Waals surface area (Å²) in [6, 6.07) is 6.19. The first-order chi connectivity index (χ1) is 14.7. The second-order valence-corrected chi connectivity index (χ2v) is 7.89. The van der Waals surface area contributed by atoms with Crippen LogP contribution in [0.25, 0.3) is 0 Å². The number of aromatic nitrogens is 2. The van der Waals surface area contributed by atoms with Gasteiger partial charge in [0.1, 0.15) is 6.04 Å². The highest BCUT2D eigenvalue weighted by Gasteiger charge is 2.44. The number of hydrogen-bond acceptors (Lipinski definition) is 6. The number of aliphatic carboxylic acids is 1. The molecule has 2 N–H and O–H groups in total. The standard InChI is InChI=1S/C19H22N4O4.C2H4O2/c1-11-6-15(27-21-11)8-20-19(26)18-14-7-13(9-22(10-14)12(2)24)16-4-3-5-17(25)23(16)18;1-2(3)4/h3-6,13-14,18H,7-10H2,1-2H3,(H,20,26);1H3,(H,3,4)/t13-,14+,18-;/m1./s1. The number of fused-ring (bicyclic) bond motifs is 4. The highest BCUT2D eigenvalue weighted by molar-refractivity contribution is 5.81. The van der Waals surface area contributed by atoms with Crippen LogP contribution in [0.2, 0.25) is 0 Å². The van der Waals surface area contributed by atoms with E-state index in [1.807, 2.05) is 13.0 Å². The number of pyridine rings is 1. The van der Waals surface area contributed by atoms with Crippen LogP contribution in [0.5, 0.6) is 0 Å². The lowest BCUT2D eigenvalue weighted by molar-refractivity contribution is -0.135. The molecule has 2 aromatic heterocycles. The van der Waals surface area contributed by atoms with Gasteiger partial charge in [-0.2, -0.15) is 0 Å². The molecule has 2 bridgehead atoms. The normalized spacial score (nSPS) is 21.4. The second-order valence-electron chi connectivity index (χ2n) is 7.89. The number of rotatable bonds is 3. The predicted octanol–water partition coefficient (Wildman–Crippen LogP) is 1.06. The number of nitrogens with zero attached hydrogens (tertiary/aromatic N) is 3. The summed E-state index contributed by atoms with van der Waals surface area (Å²) in [5.41, 5.74) is 1.38. The van der Waals surface area contributed by atoms with Gasteiger partial charge in [-0.1, -0.05) is 11.2 Å². The van der Waals surface area contributed by atoms with Crippen LogP contribution in [-0.2, 0) is 20.9 Å². The summed E-state index contributed by atoms with van der Waals surface area (Å²) in [4.78, 5) is 48.3. The van der Waals surface area contributed by atoms with Gasteiger partial charge in [0.25, 0.3) is 11.5 Å². The Balaban J connectivity index is 0.000000628. The lowest BCUT2D eigenvalue weighted by atomic mass is 9.78. The molecule has 2 aromatic rings. The summed E-state index contributed by atoms with van der Waals surface area (Å²) in [6.45, 7) is 5.71. The zero-order chi connectivity index (χ0) is 22.7. The van der Waals surface area contributed by atoms with E-state index in [2.05, 4.69) is 10.5 Å². The van der Waals surface area contributed by atoms with Crippen LogP contribution in [0, 0.1) is 12.8 Å². The van der Waals surface area contributed by atoms with E-state index < -0.39 is 12.0 Å². The molecule has 0 unspecified atom stereocenters. The predicted molar refractivity (Wildman–Crippen MR) is 109 cm³/mol. The maximum absolute atomic E-state index is 13.0. The molecule has 2 aliphatic rings. The monoisotopic (exact) mass is 430 g/mol. The van der Waals surface area contributed by atoms with E-state index in [1.54, 1.807) is 28.5 Å². The molecule has 1 saturated heterocycles. The summed E-state index contributed by atoms with van der Waals surface area (Å²) >= 11 is 0. The van der Waals surface area contributed by atoms with Crippen LogP contribution in [0.15, 0.2) is 33.6 Å². The second kappa shape index (κ2) is 9.15. The Bertz CT molecular complexity index is 1040. The van der Waals surface area contributed by atoms with Crippen LogP contribution in [-0.4, -0.2) is 50.6 Å². The van der Waals surface area contributed by atoms with Crippen molar-refractivity contribution in [1.82, 2.24) is 19.9 Å². The first kappa shape index (κ1) is 22.3. The van der Waals surface area contributed by atoms with Gasteiger partial charge in [0.15, 0.2) is 5.76 Å². The zero-order valence-electron chi connectivity index (χ0n) is 17.7. The maximum atomic E-state index is 13.0. The van der Waals surface area contributed by atoms with Gasteiger partial charge >= 0.3 is 0 Å². The Morgan fingerprint density at radius 2 is 1.97 bits per heavy atom. The van der Waals surface area contributed by atoms with Crippen LogP contribution < -0.4 is 10.9 Å². The van der Waals surface area contributed by atoms with Gasteiger partial charge in [-0.25, -0.2) is 0 Å². The van der Waals surface area contributed by atoms with Crippen molar-refractivity contribution in [2.24, 2.45) is 5.92 Å². The van der Waals surface area contributed by atoms with Gasteiger partial charge < -0.3 is 19.8 Å². The molecular weight excluding hydrogens is 404 g/mol. The average Bonchev–Trinajstić information content (AvgIpc) is 3.12. The average molecular weight is 430 g/mol. The molecule has 0 radical (unpaired) electrons. The molecule has 10 heteroatoms. The fourth-order valence-electron chi connectivity index (χ4n) is 4.31. The summed E-state index contributed by atoms with van der Waals surface area (Å²) in [7, 11) is 0. The lowest BCUT2D eigenvalue weighted by Gasteiger charge is -2.46. The van der Waals surface area contributed by atoms with Gasteiger partial charge in [-0.05, 0) is 19.4 Å². The first-order valence-electron chi connectivity index (χ1n) is 10.0. The van der Waals surface area contributed by atoms with Gasteiger partial charge in [0.05, 0.1) is 12.2 Å². The Hall–Kier alpha value is -3.43. The van der Waals surface area contributed by atoms with Crippen molar-refractivity contribution >= 4 is 17.8 Å². The summed E-state index contributed by atoms with van der Waals surface area (Å²) < 4.78 is 6.75. The van der Waals surface area contributed by atoms with Gasteiger partial charge in [0, 0.05) is 56.6 Å². The van der Waals surface area contributed by atoms with E-state index in [4.69, 9.17) is 14.4 Å². The molecule has 10 nitrogen and oxygen atoms in total. The minimum Gasteiger partial charge on any atom is -0.481 e. The smallest absolute Gasteiger partial charge is 0.300 e. The van der Waals surface area contributed by atoms with Crippen molar-refractivity contribution in [1.29, 1.82) is 0 Å². The number of likely N-dealkylation sites (tertiary alicyclic amines) is 1. The fourth-order valence-corrected chi connectivity index (χ4v) is 4.31. The highest BCUT2D eigenvalue weighted by atomic mass is 16.5. The number of nitrogens with one attached hydrogen (secondary N) is 1. The van der Waals surface area contributed by atoms with E-state index >= 15 is 0 Å². The maximum Gasteiger partial charge on any atom is 0.300 e. The topological polar surface area (TPSA) is 135 Å². The van der Waals surface area contributed by atoms with Gasteiger partial charge in [-0.15, -0.1) is 0 Å². The third kappa shape index (κ3) is 5.01. The molecule has 31 heavy (non-hydrogen) atoms. The number of carbonyl (C=O) groups is 3. The number of carbonyl (C=O) groups excluding carboxylic acids is 2. The number of hydrogen-bond donors (Lipinski definition) is 2. The first-order valence-corrected chi connectivity index (χ1v) is 10.0. The molecule has 2 amide bonds. The molecule has 4 heterocycles. The Morgan fingerprint density at radius 3 is 2.58 bits per heavy atom. The van der Waals surface area contributed by atoms with Crippen LogP contribution >= 0.6 is 0 Å². The Labute approximate surface area is 178 Å². The van der Waals surface area contributed by atoms with Gasteiger partial charge in [-0.3, -0.25) is 23.7 Å². The SMILES string of the molecule is CC(=O)N1C[C@H]2C[C@@H](C1)[C@H](C(=O)NCc1cc(C)no1)n1c2cccc1=O.CC(=O)O. The molecule has 3 atom stereocenters. The summed E-state index contributed by atoms with van der Waals surface area (Å²) in [5.74, 6) is -0.552. The summed E-state index contributed by atoms with van der Waals surface area (Å²) in [5, 5.41) is 14.1. The minimum atomic E-state index is -0.833. The van der Waals surface area contributed by atoms with E-state index in [0.29, 0.717) is 18.8 Å². The van der Waals surface area contributed by atoms with E-state index in [1.165, 1.54) is 6.07 Å². The number of carboxylic acids is 1.